The Balaban J connectivity index is 2.71. The van der Waals surface area contributed by atoms with Crippen LogP contribution in [0.4, 0.5) is 0 Å². The molecule has 0 fully saturated rings. The Hall–Kier alpha value is -0.720. The largest absolute Gasteiger partial charge is 0.502 e. The van der Waals surface area contributed by atoms with E-state index in [4.69, 9.17) is 4.74 Å². The molecule has 46 valence electrons. The van der Waals surface area contributed by atoms with Crippen molar-refractivity contribution in [2.24, 2.45) is 0 Å². The summed E-state index contributed by atoms with van der Waals surface area (Å²) in [6.45, 7) is 7.75. The lowest BCUT2D eigenvalue weighted by atomic mass is 10.3. The zero-order valence-corrected chi connectivity index (χ0v) is 5.10. The second-order valence-corrected chi connectivity index (χ2v) is 1.47. The molecule has 0 heterocycles. The Morgan fingerprint density at radius 3 is 2.62 bits per heavy atom. The van der Waals surface area contributed by atoms with Gasteiger partial charge in [0.15, 0.2) is 0 Å². The highest BCUT2D eigenvalue weighted by atomic mass is 16.5. The van der Waals surface area contributed by atoms with Crippen LogP contribution in [0.15, 0.2) is 25.5 Å². The molecule has 8 heavy (non-hydrogen) atoms. The molecule has 0 radical (unpaired) electrons. The molecule has 1 nitrogen and oxygen atoms in total. The maximum Gasteiger partial charge on any atom is 0.0875 e. The predicted molar refractivity (Wildman–Crippen MR) is 35.6 cm³/mol. The molecule has 0 N–H and O–H groups in total. The van der Waals surface area contributed by atoms with Gasteiger partial charge in [0.25, 0.3) is 0 Å². The molecule has 0 aromatic carbocycles. The topological polar surface area (TPSA) is 9.23 Å². The van der Waals surface area contributed by atoms with Gasteiger partial charge in [0.05, 0.1) is 12.9 Å². The van der Waals surface area contributed by atoms with E-state index < -0.39 is 0 Å². The summed E-state index contributed by atoms with van der Waals surface area (Å²) in [6, 6.07) is 0. The third-order valence-electron chi connectivity index (χ3n) is 0.788. The number of rotatable bonds is 5. The second-order valence-electron chi connectivity index (χ2n) is 1.47. The van der Waals surface area contributed by atoms with Gasteiger partial charge in [0.2, 0.25) is 0 Å². The maximum absolute atomic E-state index is 4.85. The lowest BCUT2D eigenvalue weighted by Gasteiger charge is -1.94. The van der Waals surface area contributed by atoms with E-state index in [1.807, 2.05) is 6.08 Å². The van der Waals surface area contributed by atoms with Gasteiger partial charge in [-0.05, 0) is 12.8 Å². The van der Waals surface area contributed by atoms with E-state index in [0.717, 1.165) is 19.4 Å². The van der Waals surface area contributed by atoms with Crippen molar-refractivity contribution in [2.45, 2.75) is 12.8 Å². The molecule has 0 bridgehead atoms. The molecule has 0 spiro atoms. The van der Waals surface area contributed by atoms with Gasteiger partial charge in [0.1, 0.15) is 0 Å². The monoisotopic (exact) mass is 112 g/mol. The Bertz CT molecular complexity index is 56.8. The summed E-state index contributed by atoms with van der Waals surface area (Å²) < 4.78 is 4.85. The first-order valence-electron chi connectivity index (χ1n) is 2.75. The minimum absolute atomic E-state index is 0.759. The molecule has 0 aliphatic rings. The molecule has 1 heteroatoms. The lowest BCUT2D eigenvalue weighted by molar-refractivity contribution is 0.247. The fourth-order valence-corrected chi connectivity index (χ4v) is 0.394. The summed E-state index contributed by atoms with van der Waals surface area (Å²) in [6.07, 6.45) is 5.40. The van der Waals surface area contributed by atoms with E-state index in [9.17, 15) is 0 Å². The Morgan fingerprint density at radius 1 is 1.38 bits per heavy atom. The molecular formula is C7H12O. The first kappa shape index (κ1) is 7.28. The lowest BCUT2D eigenvalue weighted by Crippen LogP contribution is -1.83. The number of unbranched alkanes of at least 4 members (excludes halogenated alkanes) is 1. The van der Waals surface area contributed by atoms with Crippen LogP contribution in [-0.2, 0) is 4.74 Å². The summed E-state index contributed by atoms with van der Waals surface area (Å²) in [7, 11) is 0. The zero-order chi connectivity index (χ0) is 6.24. The molecule has 0 saturated carbocycles. The van der Waals surface area contributed by atoms with Crippen molar-refractivity contribution >= 4 is 0 Å². The van der Waals surface area contributed by atoms with Crippen molar-refractivity contribution in [1.82, 2.24) is 0 Å². The molecular weight excluding hydrogens is 100 g/mol. The van der Waals surface area contributed by atoms with Gasteiger partial charge in [-0.3, -0.25) is 0 Å². The van der Waals surface area contributed by atoms with Crippen molar-refractivity contribution < 1.29 is 4.74 Å². The van der Waals surface area contributed by atoms with Crippen LogP contribution in [0.5, 0.6) is 0 Å². The van der Waals surface area contributed by atoms with Crippen LogP contribution in [0.1, 0.15) is 12.8 Å². The van der Waals surface area contributed by atoms with Crippen molar-refractivity contribution in [3.8, 4) is 0 Å². The SMILES string of the molecule is C=CCCCOC=C. The standard InChI is InChI=1S/C7H12O/c1-3-5-6-7-8-4-2/h3-4H,1-2,5-7H2. The van der Waals surface area contributed by atoms with Gasteiger partial charge in [-0.1, -0.05) is 12.7 Å². The predicted octanol–water partition coefficient (Wildman–Crippen LogP) is 2.11. The summed E-state index contributed by atoms with van der Waals surface area (Å²) in [5, 5.41) is 0. The maximum atomic E-state index is 4.85. The van der Waals surface area contributed by atoms with Crippen molar-refractivity contribution in [3.63, 3.8) is 0 Å². The number of hydrogen-bond acceptors (Lipinski definition) is 1. The number of allylic oxidation sites excluding steroid dienone is 1. The molecule has 0 aliphatic carbocycles. The van der Waals surface area contributed by atoms with Crippen LogP contribution in [-0.4, -0.2) is 6.61 Å². The summed E-state index contributed by atoms with van der Waals surface area (Å²) >= 11 is 0. The van der Waals surface area contributed by atoms with Crippen LogP contribution < -0.4 is 0 Å². The van der Waals surface area contributed by atoms with Gasteiger partial charge in [-0.25, -0.2) is 0 Å². The van der Waals surface area contributed by atoms with E-state index in [0.29, 0.717) is 0 Å². The molecule has 0 unspecified atom stereocenters. The van der Waals surface area contributed by atoms with E-state index in [-0.39, 0.29) is 0 Å². The highest BCUT2D eigenvalue weighted by Gasteiger charge is 1.78. The second kappa shape index (κ2) is 6.28. The van der Waals surface area contributed by atoms with Crippen LogP contribution in [0, 0.1) is 0 Å². The molecule has 0 aliphatic heterocycles. The molecule has 0 aromatic heterocycles. The van der Waals surface area contributed by atoms with Crippen molar-refractivity contribution in [1.29, 1.82) is 0 Å². The van der Waals surface area contributed by atoms with Gasteiger partial charge in [-0.15, -0.1) is 6.58 Å². The van der Waals surface area contributed by atoms with Crippen LogP contribution in [0.25, 0.3) is 0 Å². The quantitative estimate of drug-likeness (QED) is 0.300. The third kappa shape index (κ3) is 5.28. The number of hydrogen-bond donors (Lipinski definition) is 0. The van der Waals surface area contributed by atoms with E-state index in [1.165, 1.54) is 6.26 Å². The Morgan fingerprint density at radius 2 is 2.12 bits per heavy atom. The molecule has 0 saturated heterocycles. The fourth-order valence-electron chi connectivity index (χ4n) is 0.394. The van der Waals surface area contributed by atoms with Crippen molar-refractivity contribution in [3.05, 3.63) is 25.5 Å². The summed E-state index contributed by atoms with van der Waals surface area (Å²) in [5.41, 5.74) is 0. The molecule has 0 rings (SSSR count). The molecule has 0 atom stereocenters. The highest BCUT2D eigenvalue weighted by molar-refractivity contribution is 4.65. The average Bonchev–Trinajstić information content (AvgIpc) is 1.81. The Labute approximate surface area is 50.7 Å². The van der Waals surface area contributed by atoms with Crippen molar-refractivity contribution in [2.75, 3.05) is 6.61 Å². The average molecular weight is 112 g/mol. The zero-order valence-electron chi connectivity index (χ0n) is 5.10. The summed E-state index contributed by atoms with van der Waals surface area (Å²) in [4.78, 5) is 0. The van der Waals surface area contributed by atoms with Gasteiger partial charge >= 0.3 is 0 Å². The first-order chi connectivity index (χ1) is 3.91. The smallest absolute Gasteiger partial charge is 0.0875 e. The molecule has 0 aromatic rings. The van der Waals surface area contributed by atoms with E-state index >= 15 is 0 Å². The Kier molecular flexibility index (Phi) is 5.71. The normalized spacial score (nSPS) is 8.00. The molecule has 0 amide bonds. The van der Waals surface area contributed by atoms with Crippen LogP contribution in [0.2, 0.25) is 0 Å². The fraction of sp³-hybridized carbons (Fsp3) is 0.429. The van der Waals surface area contributed by atoms with E-state index in [1.54, 1.807) is 0 Å². The van der Waals surface area contributed by atoms with Gasteiger partial charge in [-0.2, -0.15) is 0 Å². The summed E-state index contributed by atoms with van der Waals surface area (Å²) in [5.74, 6) is 0. The minimum Gasteiger partial charge on any atom is -0.502 e. The van der Waals surface area contributed by atoms with Crippen LogP contribution >= 0.6 is 0 Å². The highest BCUT2D eigenvalue weighted by Crippen LogP contribution is 1.89. The number of ether oxygens (including phenoxy) is 1. The third-order valence-corrected chi connectivity index (χ3v) is 0.788. The first-order valence-corrected chi connectivity index (χ1v) is 2.75. The van der Waals surface area contributed by atoms with Gasteiger partial charge < -0.3 is 4.74 Å². The van der Waals surface area contributed by atoms with Crippen LogP contribution in [0.3, 0.4) is 0 Å². The van der Waals surface area contributed by atoms with Gasteiger partial charge in [0, 0.05) is 0 Å². The van der Waals surface area contributed by atoms with E-state index in [2.05, 4.69) is 13.2 Å². The minimum atomic E-state index is 0.759.